The largest absolute Gasteiger partial charge is 0.369 e. The Balaban J connectivity index is 1.91. The van der Waals surface area contributed by atoms with Crippen LogP contribution in [0.25, 0.3) is 11.2 Å². The summed E-state index contributed by atoms with van der Waals surface area (Å²) in [6.45, 7) is 0. The van der Waals surface area contributed by atoms with Crippen LogP contribution in [-0.2, 0) is 0 Å². The second-order valence-corrected chi connectivity index (χ2v) is 5.05. The van der Waals surface area contributed by atoms with Crippen LogP contribution in [0.2, 0.25) is 0 Å². The van der Waals surface area contributed by atoms with Crippen LogP contribution in [0.4, 0.5) is 10.3 Å². The second kappa shape index (κ2) is 5.02. The molecule has 106 valence electrons. The van der Waals surface area contributed by atoms with Gasteiger partial charge in [-0.25, -0.2) is 9.37 Å². The van der Waals surface area contributed by atoms with Gasteiger partial charge >= 0.3 is 0 Å². The number of aromatic amines is 2. The Labute approximate surface area is 120 Å². The lowest BCUT2D eigenvalue weighted by molar-refractivity contribution is 0.108. The lowest BCUT2D eigenvalue weighted by atomic mass is 10.2. The van der Waals surface area contributed by atoms with Crippen molar-refractivity contribution >= 4 is 34.0 Å². The summed E-state index contributed by atoms with van der Waals surface area (Å²) in [5, 5.41) is -0.124. The number of thioether (sulfide) groups is 1. The Kier molecular flexibility index (Phi) is 3.18. The topological polar surface area (TPSA) is 118 Å². The Hall–Kier alpha value is -2.68. The van der Waals surface area contributed by atoms with Gasteiger partial charge in [-0.05, 0) is 36.0 Å². The van der Waals surface area contributed by atoms with Gasteiger partial charge in [-0.15, -0.1) is 0 Å². The third-order valence-corrected chi connectivity index (χ3v) is 3.44. The first-order chi connectivity index (χ1) is 10.0. The minimum absolute atomic E-state index is 0.0552. The van der Waals surface area contributed by atoms with Crippen LogP contribution < -0.4 is 11.3 Å². The number of benzene rings is 1. The van der Waals surface area contributed by atoms with Crippen molar-refractivity contribution in [3.63, 3.8) is 0 Å². The Bertz CT molecular complexity index is 887. The molecule has 7 nitrogen and oxygen atoms in total. The number of nitrogens with two attached hydrogens (primary N) is 1. The van der Waals surface area contributed by atoms with Gasteiger partial charge in [-0.3, -0.25) is 14.6 Å². The first-order valence-electron chi connectivity index (χ1n) is 5.76. The number of nitrogens with one attached hydrogen (secondary N) is 2. The number of halogens is 1. The van der Waals surface area contributed by atoms with Crippen molar-refractivity contribution in [1.29, 1.82) is 0 Å². The summed E-state index contributed by atoms with van der Waals surface area (Å²) in [5.74, 6) is -0.480. The number of aromatic nitrogens is 4. The summed E-state index contributed by atoms with van der Waals surface area (Å²) < 4.78 is 12.8. The van der Waals surface area contributed by atoms with E-state index < -0.39 is 11.4 Å². The lowest BCUT2D eigenvalue weighted by Crippen LogP contribution is -2.10. The second-order valence-electron chi connectivity index (χ2n) is 4.09. The maximum Gasteiger partial charge on any atom is 0.278 e. The molecule has 0 fully saturated rings. The Morgan fingerprint density at radius 3 is 2.62 bits per heavy atom. The number of carbonyl (C=O) groups is 1. The van der Waals surface area contributed by atoms with E-state index in [9.17, 15) is 14.0 Å². The molecule has 9 heteroatoms. The predicted octanol–water partition coefficient (Wildman–Crippen LogP) is 1.30. The van der Waals surface area contributed by atoms with E-state index in [1.54, 1.807) is 0 Å². The fourth-order valence-electron chi connectivity index (χ4n) is 1.68. The molecule has 0 atom stereocenters. The number of nitrogen functional groups attached to an aromatic ring is 1. The van der Waals surface area contributed by atoms with Gasteiger partial charge in [0.15, 0.2) is 16.3 Å². The molecular formula is C12H8FN5O2S. The van der Waals surface area contributed by atoms with Crippen LogP contribution in [0.1, 0.15) is 10.4 Å². The zero-order valence-corrected chi connectivity index (χ0v) is 11.2. The monoisotopic (exact) mass is 305 g/mol. The normalized spacial score (nSPS) is 10.9. The molecule has 2 aromatic heterocycles. The number of carbonyl (C=O) groups excluding carboxylic acids is 1. The van der Waals surface area contributed by atoms with Crippen LogP contribution in [0.15, 0.2) is 34.2 Å². The van der Waals surface area contributed by atoms with Gasteiger partial charge in [0.25, 0.3) is 5.56 Å². The smallest absolute Gasteiger partial charge is 0.278 e. The first kappa shape index (κ1) is 13.3. The molecule has 0 unspecified atom stereocenters. The van der Waals surface area contributed by atoms with Gasteiger partial charge in [-0.2, -0.15) is 4.98 Å². The number of imidazole rings is 1. The molecule has 0 saturated carbocycles. The minimum atomic E-state index is -0.467. The van der Waals surface area contributed by atoms with E-state index in [0.717, 1.165) is 11.8 Å². The van der Waals surface area contributed by atoms with E-state index >= 15 is 0 Å². The highest BCUT2D eigenvalue weighted by Crippen LogP contribution is 2.21. The molecular weight excluding hydrogens is 297 g/mol. The number of H-pyrrole nitrogens is 2. The van der Waals surface area contributed by atoms with Crippen LogP contribution in [0.5, 0.6) is 0 Å². The maximum absolute atomic E-state index is 12.8. The van der Waals surface area contributed by atoms with Crippen molar-refractivity contribution in [3.05, 3.63) is 46.0 Å². The SMILES string of the molecule is Nc1nc2nc(SC(=O)c3ccc(F)cc3)[nH]c2c(=O)[nH]1. The molecule has 0 spiro atoms. The average Bonchev–Trinajstić information content (AvgIpc) is 2.82. The van der Waals surface area contributed by atoms with Gasteiger partial charge in [-0.1, -0.05) is 0 Å². The van der Waals surface area contributed by atoms with E-state index in [0.29, 0.717) is 5.56 Å². The van der Waals surface area contributed by atoms with Gasteiger partial charge in [0, 0.05) is 5.56 Å². The average molecular weight is 305 g/mol. The number of hydrogen-bond acceptors (Lipinski definition) is 6. The summed E-state index contributed by atoms with van der Waals surface area (Å²) in [5.41, 5.74) is 5.53. The highest BCUT2D eigenvalue weighted by atomic mass is 32.2. The van der Waals surface area contributed by atoms with E-state index in [-0.39, 0.29) is 27.4 Å². The van der Waals surface area contributed by atoms with E-state index in [2.05, 4.69) is 19.9 Å². The molecule has 3 aromatic rings. The zero-order valence-electron chi connectivity index (χ0n) is 10.4. The first-order valence-corrected chi connectivity index (χ1v) is 6.58. The van der Waals surface area contributed by atoms with Crippen molar-refractivity contribution in [3.8, 4) is 0 Å². The molecule has 0 aliphatic carbocycles. The molecule has 0 aliphatic rings. The minimum Gasteiger partial charge on any atom is -0.369 e. The molecule has 4 N–H and O–H groups in total. The highest BCUT2D eigenvalue weighted by molar-refractivity contribution is 8.14. The third-order valence-electron chi connectivity index (χ3n) is 2.63. The predicted molar refractivity (Wildman–Crippen MR) is 75.5 cm³/mol. The number of hydrogen-bond donors (Lipinski definition) is 3. The molecule has 0 aliphatic heterocycles. The number of anilines is 1. The van der Waals surface area contributed by atoms with Gasteiger partial charge in [0.2, 0.25) is 11.1 Å². The molecule has 1 aromatic carbocycles. The number of nitrogens with zero attached hydrogens (tertiary/aromatic N) is 2. The van der Waals surface area contributed by atoms with Crippen molar-refractivity contribution in [2.24, 2.45) is 0 Å². The molecule has 0 amide bonds. The Morgan fingerprint density at radius 1 is 1.19 bits per heavy atom. The van der Waals surface area contributed by atoms with Gasteiger partial charge in [0.05, 0.1) is 0 Å². The molecule has 0 radical (unpaired) electrons. The summed E-state index contributed by atoms with van der Waals surface area (Å²) in [6.07, 6.45) is 0. The van der Waals surface area contributed by atoms with E-state index in [1.165, 1.54) is 24.3 Å². The highest BCUT2D eigenvalue weighted by Gasteiger charge is 2.14. The molecule has 0 saturated heterocycles. The summed E-state index contributed by atoms with van der Waals surface area (Å²) in [7, 11) is 0. The van der Waals surface area contributed by atoms with Crippen LogP contribution in [-0.4, -0.2) is 25.1 Å². The van der Waals surface area contributed by atoms with Crippen molar-refractivity contribution in [2.45, 2.75) is 5.16 Å². The number of fused-ring (bicyclic) bond motifs is 1. The lowest BCUT2D eigenvalue weighted by Gasteiger charge is -1.97. The van der Waals surface area contributed by atoms with Crippen molar-refractivity contribution < 1.29 is 9.18 Å². The summed E-state index contributed by atoms with van der Waals surface area (Å²) >= 11 is 0.781. The molecule has 3 rings (SSSR count). The van der Waals surface area contributed by atoms with Gasteiger partial charge in [0.1, 0.15) is 5.82 Å². The number of rotatable bonds is 2. The van der Waals surface area contributed by atoms with E-state index in [1.807, 2.05) is 0 Å². The molecule has 21 heavy (non-hydrogen) atoms. The fourth-order valence-corrected chi connectivity index (χ4v) is 2.40. The van der Waals surface area contributed by atoms with Crippen LogP contribution in [0.3, 0.4) is 0 Å². The maximum atomic E-state index is 12.8. The Morgan fingerprint density at radius 2 is 1.90 bits per heavy atom. The van der Waals surface area contributed by atoms with Crippen LogP contribution >= 0.6 is 11.8 Å². The standard InChI is InChI=1S/C12H8FN5O2S/c13-6-3-1-5(2-4-6)10(20)21-12-15-7-8(17-12)16-11(14)18-9(7)19/h1-4H,(H4,14,15,16,17,18,19). The fraction of sp³-hybridized carbons (Fsp3) is 0. The van der Waals surface area contributed by atoms with Crippen LogP contribution in [0, 0.1) is 5.82 Å². The summed E-state index contributed by atoms with van der Waals surface area (Å²) in [6, 6.07) is 5.13. The molecule has 0 bridgehead atoms. The molecule has 2 heterocycles. The van der Waals surface area contributed by atoms with Crippen molar-refractivity contribution in [2.75, 3.05) is 5.73 Å². The third kappa shape index (κ3) is 2.63. The van der Waals surface area contributed by atoms with Crippen molar-refractivity contribution in [1.82, 2.24) is 19.9 Å². The quantitative estimate of drug-likeness (QED) is 0.614. The van der Waals surface area contributed by atoms with E-state index in [4.69, 9.17) is 5.73 Å². The summed E-state index contributed by atoms with van der Waals surface area (Å²) in [4.78, 5) is 36.5. The zero-order chi connectivity index (χ0) is 15.0. The van der Waals surface area contributed by atoms with Gasteiger partial charge < -0.3 is 10.7 Å².